The lowest BCUT2D eigenvalue weighted by atomic mass is 10.0. The monoisotopic (exact) mass is 439 g/mol. The largest absolute Gasteiger partial charge is 0.382 e. The lowest BCUT2D eigenvalue weighted by Crippen LogP contribution is -2.29. The summed E-state index contributed by atoms with van der Waals surface area (Å²) in [5, 5.41) is 5.35. The van der Waals surface area contributed by atoms with Crippen LogP contribution in [0.2, 0.25) is 0 Å². The Labute approximate surface area is 177 Å². The minimum atomic E-state index is -3.25. The van der Waals surface area contributed by atoms with Gasteiger partial charge < -0.3 is 10.2 Å². The number of unbranched alkanes of at least 4 members (excludes halogenated alkanes) is 2. The third-order valence-electron chi connectivity index (χ3n) is 5.59. The summed E-state index contributed by atoms with van der Waals surface area (Å²) in [5.41, 5.74) is 1.25. The number of imide groups is 1. The van der Waals surface area contributed by atoms with Gasteiger partial charge in [-0.3, -0.25) is 10.1 Å². The zero-order valence-electron chi connectivity index (χ0n) is 17.3. The standard InChI is InChI=1S/C21H30FN3O4S/c1-15(17-7-8-18(22)19(11-17)23-12-16-5-6-16)14-30(28,29)10-4-2-3-9-25-13-20(26)24-21(25)27/h7-8,11,15-16,23H,2-6,9-10,12-14H2,1H3,(H,24,26,27)/t15-/m0/s1. The number of sulfone groups is 1. The van der Waals surface area contributed by atoms with E-state index in [2.05, 4.69) is 10.6 Å². The average Bonchev–Trinajstić information content (AvgIpc) is 3.44. The summed E-state index contributed by atoms with van der Waals surface area (Å²) in [6, 6.07) is 4.39. The lowest BCUT2D eigenvalue weighted by Gasteiger charge is -2.15. The fourth-order valence-corrected chi connectivity index (χ4v) is 5.35. The number of benzene rings is 1. The predicted molar refractivity (Wildman–Crippen MR) is 114 cm³/mol. The van der Waals surface area contributed by atoms with Gasteiger partial charge in [-0.15, -0.1) is 0 Å². The Morgan fingerprint density at radius 2 is 2.00 bits per heavy atom. The molecule has 1 saturated carbocycles. The first-order valence-corrected chi connectivity index (χ1v) is 12.4. The quantitative estimate of drug-likeness (QED) is 0.386. The maximum absolute atomic E-state index is 14.0. The Bertz CT molecular complexity index is 886. The van der Waals surface area contributed by atoms with Crippen molar-refractivity contribution in [1.82, 2.24) is 10.2 Å². The number of anilines is 1. The fourth-order valence-electron chi connectivity index (χ4n) is 3.59. The van der Waals surface area contributed by atoms with Crippen LogP contribution in [0.1, 0.15) is 50.5 Å². The highest BCUT2D eigenvalue weighted by Gasteiger charge is 2.26. The van der Waals surface area contributed by atoms with E-state index in [-0.39, 0.29) is 41.7 Å². The average molecular weight is 440 g/mol. The van der Waals surface area contributed by atoms with Crippen LogP contribution in [-0.2, 0) is 14.6 Å². The fraction of sp³-hybridized carbons (Fsp3) is 0.619. The Kier molecular flexibility index (Phi) is 7.33. The van der Waals surface area contributed by atoms with Gasteiger partial charge in [0, 0.05) is 13.1 Å². The molecule has 7 nitrogen and oxygen atoms in total. The SMILES string of the molecule is C[C@@H](CS(=O)(=O)CCCCCN1CC(=O)NC1=O)c1ccc(F)c(NCC2CC2)c1. The molecule has 1 saturated heterocycles. The Morgan fingerprint density at radius 3 is 2.67 bits per heavy atom. The van der Waals surface area contributed by atoms with E-state index in [1.165, 1.54) is 23.8 Å². The van der Waals surface area contributed by atoms with Gasteiger partial charge in [0.1, 0.15) is 12.4 Å². The molecule has 3 amide bonds. The third-order valence-corrected chi connectivity index (χ3v) is 7.51. The highest BCUT2D eigenvalue weighted by molar-refractivity contribution is 7.91. The number of amides is 3. The highest BCUT2D eigenvalue weighted by Crippen LogP contribution is 2.30. The number of nitrogens with zero attached hydrogens (tertiary/aromatic N) is 1. The van der Waals surface area contributed by atoms with E-state index >= 15 is 0 Å². The summed E-state index contributed by atoms with van der Waals surface area (Å²) in [7, 11) is -3.25. The van der Waals surface area contributed by atoms with Crippen LogP contribution in [0.5, 0.6) is 0 Å². The minimum absolute atomic E-state index is 0.0176. The number of carbonyl (C=O) groups is 2. The molecule has 0 radical (unpaired) electrons. The summed E-state index contributed by atoms with van der Waals surface area (Å²) in [4.78, 5) is 24.0. The van der Waals surface area contributed by atoms with Gasteiger partial charge in [0.15, 0.2) is 9.84 Å². The van der Waals surface area contributed by atoms with Crippen LogP contribution in [0, 0.1) is 11.7 Å². The van der Waals surface area contributed by atoms with E-state index in [1.807, 2.05) is 6.92 Å². The van der Waals surface area contributed by atoms with E-state index in [0.717, 1.165) is 12.1 Å². The minimum Gasteiger partial charge on any atom is -0.382 e. The second-order valence-electron chi connectivity index (χ2n) is 8.41. The molecular formula is C21H30FN3O4S. The van der Waals surface area contributed by atoms with E-state index in [0.29, 0.717) is 37.4 Å². The molecule has 0 aromatic heterocycles. The molecule has 2 N–H and O–H groups in total. The molecule has 1 heterocycles. The molecule has 2 fully saturated rings. The number of rotatable bonds is 12. The van der Waals surface area contributed by atoms with Gasteiger partial charge in [-0.05, 0) is 55.2 Å². The molecule has 1 aliphatic heterocycles. The van der Waals surface area contributed by atoms with E-state index in [9.17, 15) is 22.4 Å². The number of nitrogens with one attached hydrogen (secondary N) is 2. The second-order valence-corrected chi connectivity index (χ2v) is 10.6. The number of hydrogen-bond acceptors (Lipinski definition) is 5. The molecule has 0 bridgehead atoms. The lowest BCUT2D eigenvalue weighted by molar-refractivity contribution is -0.118. The van der Waals surface area contributed by atoms with Gasteiger partial charge in [0.25, 0.3) is 0 Å². The predicted octanol–water partition coefficient (Wildman–Crippen LogP) is 2.89. The van der Waals surface area contributed by atoms with Crippen molar-refractivity contribution >= 4 is 27.5 Å². The van der Waals surface area contributed by atoms with Crippen LogP contribution in [0.25, 0.3) is 0 Å². The second kappa shape index (κ2) is 9.76. The van der Waals surface area contributed by atoms with E-state index in [4.69, 9.17) is 0 Å². The molecule has 3 rings (SSSR count). The van der Waals surface area contributed by atoms with Crippen molar-refractivity contribution in [2.45, 2.75) is 44.9 Å². The molecule has 166 valence electrons. The van der Waals surface area contributed by atoms with E-state index < -0.39 is 9.84 Å². The molecule has 9 heteroatoms. The molecule has 0 unspecified atom stereocenters. The smallest absolute Gasteiger partial charge is 0.324 e. The van der Waals surface area contributed by atoms with Crippen molar-refractivity contribution in [2.75, 3.05) is 36.5 Å². The van der Waals surface area contributed by atoms with Crippen LogP contribution >= 0.6 is 0 Å². The third kappa shape index (κ3) is 6.68. The first-order chi connectivity index (χ1) is 14.2. The Hall–Kier alpha value is -2.16. The van der Waals surface area contributed by atoms with Gasteiger partial charge in [-0.2, -0.15) is 0 Å². The molecule has 0 spiro atoms. The normalized spacial score (nSPS) is 17.9. The van der Waals surface area contributed by atoms with Crippen molar-refractivity contribution in [3.05, 3.63) is 29.6 Å². The number of hydrogen-bond donors (Lipinski definition) is 2. The summed E-state index contributed by atoms with van der Waals surface area (Å²) in [6.45, 7) is 3.11. The van der Waals surface area contributed by atoms with Gasteiger partial charge in [-0.1, -0.05) is 19.4 Å². The number of halogens is 1. The van der Waals surface area contributed by atoms with Crippen LogP contribution in [-0.4, -0.2) is 56.4 Å². The Morgan fingerprint density at radius 1 is 1.23 bits per heavy atom. The molecule has 1 atom stereocenters. The maximum atomic E-state index is 14.0. The molecule has 1 aromatic rings. The molecule has 30 heavy (non-hydrogen) atoms. The van der Waals surface area contributed by atoms with Gasteiger partial charge in [0.2, 0.25) is 5.91 Å². The van der Waals surface area contributed by atoms with Crippen molar-refractivity contribution in [2.24, 2.45) is 5.92 Å². The van der Waals surface area contributed by atoms with Crippen molar-refractivity contribution in [3.63, 3.8) is 0 Å². The van der Waals surface area contributed by atoms with Crippen LogP contribution in [0.15, 0.2) is 18.2 Å². The summed E-state index contributed by atoms with van der Waals surface area (Å²) >= 11 is 0. The first kappa shape index (κ1) is 22.5. The zero-order valence-corrected chi connectivity index (χ0v) is 18.1. The van der Waals surface area contributed by atoms with Crippen molar-refractivity contribution < 1.29 is 22.4 Å². The topological polar surface area (TPSA) is 95.6 Å². The number of carbonyl (C=O) groups excluding carboxylic acids is 2. The molecular weight excluding hydrogens is 409 g/mol. The first-order valence-electron chi connectivity index (χ1n) is 10.6. The summed E-state index contributed by atoms with van der Waals surface area (Å²) < 4.78 is 39.0. The molecule has 2 aliphatic rings. The van der Waals surface area contributed by atoms with E-state index in [1.54, 1.807) is 12.1 Å². The van der Waals surface area contributed by atoms with Gasteiger partial charge >= 0.3 is 6.03 Å². The van der Waals surface area contributed by atoms with Crippen molar-refractivity contribution in [3.8, 4) is 0 Å². The summed E-state index contributed by atoms with van der Waals surface area (Å²) in [6.07, 6.45) is 4.17. The van der Waals surface area contributed by atoms with Crippen molar-refractivity contribution in [1.29, 1.82) is 0 Å². The zero-order chi connectivity index (χ0) is 21.7. The van der Waals surface area contributed by atoms with Crippen LogP contribution in [0.3, 0.4) is 0 Å². The van der Waals surface area contributed by atoms with Crippen LogP contribution < -0.4 is 10.6 Å². The Balaban J connectivity index is 1.42. The maximum Gasteiger partial charge on any atom is 0.324 e. The summed E-state index contributed by atoms with van der Waals surface area (Å²) in [5.74, 6) is -0.131. The number of urea groups is 1. The molecule has 1 aliphatic carbocycles. The highest BCUT2D eigenvalue weighted by atomic mass is 32.2. The van der Waals surface area contributed by atoms with Gasteiger partial charge in [0.05, 0.1) is 17.2 Å². The molecule has 1 aromatic carbocycles. The van der Waals surface area contributed by atoms with Gasteiger partial charge in [-0.25, -0.2) is 17.6 Å². The van der Waals surface area contributed by atoms with Crippen LogP contribution in [0.4, 0.5) is 14.9 Å².